The van der Waals surface area contributed by atoms with Gasteiger partial charge in [-0.3, -0.25) is 9.80 Å². The van der Waals surface area contributed by atoms with Crippen LogP contribution in [0.2, 0.25) is 0 Å². The Morgan fingerprint density at radius 3 is 2.74 bits per heavy atom. The minimum absolute atomic E-state index is 0.185. The number of halogens is 2. The molecule has 0 spiro atoms. The van der Waals surface area contributed by atoms with Gasteiger partial charge in [-0.15, -0.1) is 0 Å². The highest BCUT2D eigenvalue weighted by Gasteiger charge is 2.43. The van der Waals surface area contributed by atoms with Crippen LogP contribution in [-0.4, -0.2) is 36.6 Å². The molecule has 1 aliphatic rings. The summed E-state index contributed by atoms with van der Waals surface area (Å²) in [5.74, 6) is -0.944. The molecule has 0 aliphatic carbocycles. The lowest BCUT2D eigenvalue weighted by Gasteiger charge is -2.41. The number of benzene rings is 1. The van der Waals surface area contributed by atoms with E-state index >= 15 is 0 Å². The molecular weight excluding hydrogens is 248 g/mol. The zero-order valence-corrected chi connectivity index (χ0v) is 11.4. The van der Waals surface area contributed by atoms with Crippen molar-refractivity contribution in [3.05, 3.63) is 42.3 Å². The van der Waals surface area contributed by atoms with Gasteiger partial charge in [-0.25, -0.2) is 8.78 Å². The molecule has 2 atom stereocenters. The predicted octanol–water partition coefficient (Wildman–Crippen LogP) is 1.89. The van der Waals surface area contributed by atoms with Gasteiger partial charge >= 0.3 is 0 Å². The Balaban J connectivity index is 2.42. The first-order valence-electron chi connectivity index (χ1n) is 6.37. The van der Waals surface area contributed by atoms with Gasteiger partial charge in [0.15, 0.2) is 0 Å². The zero-order chi connectivity index (χ0) is 14.2. The maximum Gasteiger partial charge on any atom is 0.129 e. The molecule has 1 unspecified atom stereocenters. The Morgan fingerprint density at radius 1 is 1.42 bits per heavy atom. The molecule has 105 valence electrons. The van der Waals surface area contributed by atoms with E-state index in [4.69, 9.17) is 5.73 Å². The van der Waals surface area contributed by atoms with Crippen LogP contribution in [0.1, 0.15) is 18.4 Å². The van der Waals surface area contributed by atoms with E-state index in [0.29, 0.717) is 6.42 Å². The summed E-state index contributed by atoms with van der Waals surface area (Å²) in [6.45, 7) is 4.77. The Kier molecular flexibility index (Phi) is 3.90. The van der Waals surface area contributed by atoms with E-state index in [1.165, 1.54) is 6.07 Å². The highest BCUT2D eigenvalue weighted by atomic mass is 19.1. The SMILES string of the molecule is [CH2]C(N(C)C)N1CCC[C@]1(N)c1cc(F)ccc1F. The van der Waals surface area contributed by atoms with E-state index in [0.717, 1.165) is 25.1 Å². The molecule has 1 heterocycles. The van der Waals surface area contributed by atoms with Crippen molar-refractivity contribution in [1.82, 2.24) is 9.80 Å². The monoisotopic (exact) mass is 268 g/mol. The van der Waals surface area contributed by atoms with E-state index < -0.39 is 17.3 Å². The molecule has 2 rings (SSSR count). The fourth-order valence-corrected chi connectivity index (χ4v) is 2.67. The summed E-state index contributed by atoms with van der Waals surface area (Å²) in [5.41, 5.74) is 5.60. The summed E-state index contributed by atoms with van der Waals surface area (Å²) in [4.78, 5) is 3.83. The summed E-state index contributed by atoms with van der Waals surface area (Å²) >= 11 is 0. The lowest BCUT2D eigenvalue weighted by Crippen LogP contribution is -2.56. The topological polar surface area (TPSA) is 32.5 Å². The molecule has 1 fully saturated rings. The Bertz CT molecular complexity index is 464. The molecule has 0 saturated carbocycles. The number of hydrogen-bond acceptors (Lipinski definition) is 3. The number of nitrogens with two attached hydrogens (primary N) is 1. The van der Waals surface area contributed by atoms with Gasteiger partial charge in [-0.1, -0.05) is 0 Å². The van der Waals surface area contributed by atoms with E-state index in [2.05, 4.69) is 6.92 Å². The van der Waals surface area contributed by atoms with Gasteiger partial charge < -0.3 is 5.73 Å². The second kappa shape index (κ2) is 5.15. The smallest absolute Gasteiger partial charge is 0.129 e. The third-order valence-corrected chi connectivity index (χ3v) is 3.82. The molecule has 0 aromatic heterocycles. The van der Waals surface area contributed by atoms with Crippen LogP contribution in [0.3, 0.4) is 0 Å². The van der Waals surface area contributed by atoms with Crippen LogP contribution in [0, 0.1) is 18.6 Å². The normalized spacial score (nSPS) is 26.1. The first-order valence-corrected chi connectivity index (χ1v) is 6.37. The molecule has 1 saturated heterocycles. The highest BCUT2D eigenvalue weighted by molar-refractivity contribution is 5.27. The number of rotatable bonds is 3. The molecule has 3 nitrogen and oxygen atoms in total. The third kappa shape index (κ3) is 2.50. The van der Waals surface area contributed by atoms with E-state index in [1.807, 2.05) is 23.9 Å². The molecule has 1 aliphatic heterocycles. The van der Waals surface area contributed by atoms with Crippen LogP contribution in [-0.2, 0) is 5.66 Å². The zero-order valence-electron chi connectivity index (χ0n) is 11.4. The average molecular weight is 268 g/mol. The van der Waals surface area contributed by atoms with Crippen LogP contribution in [0.15, 0.2) is 18.2 Å². The van der Waals surface area contributed by atoms with Crippen LogP contribution in [0.4, 0.5) is 8.78 Å². The second-order valence-corrected chi connectivity index (χ2v) is 5.29. The molecule has 5 heteroatoms. The maximum atomic E-state index is 14.0. The van der Waals surface area contributed by atoms with Gasteiger partial charge in [-0.05, 0) is 52.1 Å². The molecule has 1 aromatic carbocycles. The van der Waals surface area contributed by atoms with Crippen molar-refractivity contribution >= 4 is 0 Å². The van der Waals surface area contributed by atoms with E-state index in [1.54, 1.807) is 0 Å². The lowest BCUT2D eigenvalue weighted by atomic mass is 9.96. The van der Waals surface area contributed by atoms with Gasteiger partial charge in [0, 0.05) is 12.1 Å². The van der Waals surface area contributed by atoms with Crippen molar-refractivity contribution in [3.63, 3.8) is 0 Å². The van der Waals surface area contributed by atoms with Crippen molar-refractivity contribution < 1.29 is 8.78 Å². The fourth-order valence-electron chi connectivity index (χ4n) is 2.67. The molecule has 1 radical (unpaired) electrons. The van der Waals surface area contributed by atoms with Crippen molar-refractivity contribution in [2.45, 2.75) is 24.7 Å². The van der Waals surface area contributed by atoms with E-state index in [-0.39, 0.29) is 11.7 Å². The molecular formula is C14H20F2N3. The summed E-state index contributed by atoms with van der Waals surface area (Å²) in [7, 11) is 3.77. The van der Waals surface area contributed by atoms with Gasteiger partial charge in [0.05, 0.1) is 11.8 Å². The van der Waals surface area contributed by atoms with Gasteiger partial charge in [0.2, 0.25) is 0 Å². The largest absolute Gasteiger partial charge is 0.309 e. The van der Waals surface area contributed by atoms with Gasteiger partial charge in [0.1, 0.15) is 11.6 Å². The average Bonchev–Trinajstić information content (AvgIpc) is 2.74. The minimum atomic E-state index is -0.997. The Labute approximate surface area is 113 Å². The van der Waals surface area contributed by atoms with Crippen LogP contribution in [0.5, 0.6) is 0 Å². The third-order valence-electron chi connectivity index (χ3n) is 3.82. The summed E-state index contributed by atoms with van der Waals surface area (Å²) in [6, 6.07) is 3.43. The quantitative estimate of drug-likeness (QED) is 0.908. The first kappa shape index (κ1) is 14.4. The highest BCUT2D eigenvalue weighted by Crippen LogP contribution is 2.37. The first-order chi connectivity index (χ1) is 8.86. The fraction of sp³-hybridized carbons (Fsp3) is 0.500. The van der Waals surface area contributed by atoms with Gasteiger partial charge in [-0.2, -0.15) is 0 Å². The molecule has 0 amide bonds. The minimum Gasteiger partial charge on any atom is -0.309 e. The molecule has 0 bridgehead atoms. The van der Waals surface area contributed by atoms with Gasteiger partial charge in [0.25, 0.3) is 0 Å². The van der Waals surface area contributed by atoms with Crippen molar-refractivity contribution in [3.8, 4) is 0 Å². The van der Waals surface area contributed by atoms with Crippen molar-refractivity contribution in [2.24, 2.45) is 5.73 Å². The maximum absolute atomic E-state index is 14.0. The second-order valence-electron chi connectivity index (χ2n) is 5.29. The summed E-state index contributed by atoms with van der Waals surface area (Å²) in [6.07, 6.45) is 1.25. The Morgan fingerprint density at radius 2 is 2.11 bits per heavy atom. The predicted molar refractivity (Wildman–Crippen MR) is 71.0 cm³/mol. The number of likely N-dealkylation sites (tertiary alicyclic amines) is 1. The summed E-state index contributed by atoms with van der Waals surface area (Å²) < 4.78 is 27.4. The van der Waals surface area contributed by atoms with Crippen LogP contribution in [0.25, 0.3) is 0 Å². The lowest BCUT2D eigenvalue weighted by molar-refractivity contribution is 0.0360. The van der Waals surface area contributed by atoms with Crippen LogP contribution < -0.4 is 5.73 Å². The number of hydrogen-bond donors (Lipinski definition) is 1. The standard InChI is InChI=1S/C14H20F2N3/c1-10(18(2)3)19-8-4-7-14(19,17)12-9-11(15)5-6-13(12)16/h5-6,9-10H,1,4,7-8,17H2,2-3H3/t10?,14-/m1/s1. The summed E-state index contributed by atoms with van der Waals surface area (Å²) in [5, 5.41) is 0. The van der Waals surface area contributed by atoms with Crippen LogP contribution >= 0.6 is 0 Å². The van der Waals surface area contributed by atoms with Crippen molar-refractivity contribution in [1.29, 1.82) is 0 Å². The number of nitrogens with zero attached hydrogens (tertiary/aromatic N) is 2. The Hall–Kier alpha value is -1.04. The van der Waals surface area contributed by atoms with Crippen molar-refractivity contribution in [2.75, 3.05) is 20.6 Å². The molecule has 2 N–H and O–H groups in total. The molecule has 19 heavy (non-hydrogen) atoms. The van der Waals surface area contributed by atoms with E-state index in [9.17, 15) is 8.78 Å². The molecule has 1 aromatic rings.